The Morgan fingerprint density at radius 2 is 1.78 bits per heavy atom. The summed E-state index contributed by atoms with van der Waals surface area (Å²) in [5, 5.41) is 16.1. The van der Waals surface area contributed by atoms with Crippen molar-refractivity contribution in [2.24, 2.45) is 27.6 Å². The number of allylic oxidation sites excluding steroid dienone is 1. The minimum Gasteiger partial charge on any atom is -0.455 e. The molecule has 4 heterocycles. The summed E-state index contributed by atoms with van der Waals surface area (Å²) in [5.74, 6) is -0.170. The molecule has 14 nitrogen and oxygen atoms in total. The van der Waals surface area contributed by atoms with E-state index in [1.807, 2.05) is 6.07 Å². The summed E-state index contributed by atoms with van der Waals surface area (Å²) in [4.78, 5) is 37.2. The van der Waals surface area contributed by atoms with E-state index in [4.69, 9.17) is 9.47 Å². The van der Waals surface area contributed by atoms with Crippen LogP contribution in [0.25, 0.3) is 11.0 Å². The molecule has 3 N–H and O–H groups in total. The number of amides is 1. The SMILES string of the molecule is CC1(C)CCC(CN2CCN(c3ccc(C(=O)NS(=O)(=O)c4ccc(NCC5CC6(CCOCC6)C5)c([N+](=O)[O-])c4)c(Oc4cnc5[nH]ccc5c4)c3)CC2)=C(C23CC(C(F)F)(C2)C3)C1. The summed E-state index contributed by atoms with van der Waals surface area (Å²) in [6.07, 6.45) is 10.0. The number of nitrogens with one attached hydrogen (secondary N) is 3. The Hall–Kier alpha value is -5.13. The number of ether oxygens (including phenoxy) is 2. The van der Waals surface area contributed by atoms with Gasteiger partial charge in [-0.3, -0.25) is 19.8 Å². The zero-order valence-electron chi connectivity index (χ0n) is 37.0. The largest absolute Gasteiger partial charge is 0.455 e. The topological polar surface area (TPSA) is 172 Å². The van der Waals surface area contributed by atoms with Crippen LogP contribution in [0.15, 0.2) is 77.0 Å². The zero-order chi connectivity index (χ0) is 45.4. The highest BCUT2D eigenvalue weighted by molar-refractivity contribution is 7.90. The molecule has 2 aromatic carbocycles. The molecule has 346 valence electrons. The van der Waals surface area contributed by atoms with Crippen LogP contribution in [0, 0.1) is 37.7 Å². The number of fused-ring (bicyclic) bond motifs is 1. The number of aromatic nitrogens is 2. The van der Waals surface area contributed by atoms with E-state index in [0.29, 0.717) is 61.6 Å². The molecule has 4 aromatic rings. The normalized spacial score (nSPS) is 25.2. The van der Waals surface area contributed by atoms with Crippen molar-refractivity contribution < 1.29 is 36.4 Å². The Morgan fingerprint density at radius 1 is 1.03 bits per heavy atom. The Morgan fingerprint density at radius 3 is 2.51 bits per heavy atom. The van der Waals surface area contributed by atoms with Crippen LogP contribution in [0.2, 0.25) is 0 Å². The van der Waals surface area contributed by atoms with E-state index in [2.05, 4.69) is 43.7 Å². The third kappa shape index (κ3) is 8.36. The number of carbonyl (C=O) groups excluding carboxylic acids is 1. The van der Waals surface area contributed by atoms with E-state index in [9.17, 15) is 32.1 Å². The second-order valence-electron chi connectivity index (χ2n) is 20.7. The van der Waals surface area contributed by atoms with Gasteiger partial charge in [-0.05, 0) is 123 Å². The first-order valence-corrected chi connectivity index (χ1v) is 24.4. The summed E-state index contributed by atoms with van der Waals surface area (Å²) < 4.78 is 69.1. The van der Waals surface area contributed by atoms with E-state index >= 15 is 0 Å². The van der Waals surface area contributed by atoms with Crippen molar-refractivity contribution in [1.82, 2.24) is 19.6 Å². The number of carbonyl (C=O) groups is 1. The van der Waals surface area contributed by atoms with Crippen molar-refractivity contribution in [2.75, 3.05) is 62.7 Å². The highest BCUT2D eigenvalue weighted by Crippen LogP contribution is 2.79. The van der Waals surface area contributed by atoms with Crippen LogP contribution in [0.3, 0.4) is 0 Å². The Kier molecular flexibility index (Phi) is 11.0. The van der Waals surface area contributed by atoms with Crippen LogP contribution in [-0.2, 0) is 14.8 Å². The molecule has 2 aromatic heterocycles. The monoisotopic (exact) mass is 913 g/mol. The smallest absolute Gasteiger partial charge is 0.293 e. The molecule has 5 aliphatic carbocycles. The number of nitrogens with zero attached hydrogens (tertiary/aromatic N) is 4. The highest BCUT2D eigenvalue weighted by Gasteiger charge is 2.73. The number of hydrogen-bond donors (Lipinski definition) is 3. The van der Waals surface area contributed by atoms with Crippen LogP contribution in [0.5, 0.6) is 11.5 Å². The lowest BCUT2D eigenvalue weighted by Crippen LogP contribution is -2.66. The molecule has 2 aliphatic heterocycles. The van der Waals surface area contributed by atoms with Gasteiger partial charge in [0.15, 0.2) is 0 Å². The number of benzene rings is 2. The van der Waals surface area contributed by atoms with Crippen LogP contribution in [-0.4, -0.2) is 93.0 Å². The summed E-state index contributed by atoms with van der Waals surface area (Å²) in [5.41, 5.74) is 3.71. The van der Waals surface area contributed by atoms with Crippen molar-refractivity contribution in [1.29, 1.82) is 0 Å². The van der Waals surface area contributed by atoms with Gasteiger partial charge in [-0.25, -0.2) is 26.9 Å². The van der Waals surface area contributed by atoms with Gasteiger partial charge in [0.2, 0.25) is 6.43 Å². The summed E-state index contributed by atoms with van der Waals surface area (Å²) in [6, 6.07) is 12.2. The van der Waals surface area contributed by atoms with Crippen molar-refractivity contribution in [2.45, 2.75) is 89.4 Å². The second kappa shape index (κ2) is 16.3. The van der Waals surface area contributed by atoms with Gasteiger partial charge < -0.3 is 24.7 Å². The number of halogens is 2. The molecule has 7 aliphatic rings. The molecule has 4 saturated carbocycles. The van der Waals surface area contributed by atoms with Gasteiger partial charge in [0.25, 0.3) is 21.6 Å². The van der Waals surface area contributed by atoms with Crippen LogP contribution in [0.1, 0.15) is 88.4 Å². The number of aromatic amines is 1. The van der Waals surface area contributed by atoms with Gasteiger partial charge in [-0.2, -0.15) is 0 Å². The van der Waals surface area contributed by atoms with E-state index in [-0.39, 0.29) is 27.8 Å². The third-order valence-corrected chi connectivity index (χ3v) is 16.9. The standard InChI is InChI=1S/C48H57F2N7O7S/c1-45(2)9-7-33(38(24-45)47-28-48(29-47,30-47)44(49)50)27-55-13-15-56(16-14-55)34-3-5-37(41(20-34)64-35-19-32-8-12-51-42(32)53-26-35)43(58)54-65(61,62)36-4-6-39(40(21-36)57(59)60)52-25-31-22-46(23-31)10-17-63-18-11-46/h3-6,8,12,19-21,26,31,44,52H,7,9-11,13-18,22-25,27-30H2,1-2H3,(H,51,53)(H,54,58). The number of pyridine rings is 1. The lowest BCUT2D eigenvalue weighted by Gasteiger charge is -2.72. The molecular weight excluding hydrogens is 857 g/mol. The molecule has 17 heteroatoms. The number of piperazine rings is 1. The van der Waals surface area contributed by atoms with Gasteiger partial charge in [-0.1, -0.05) is 25.0 Å². The predicted molar refractivity (Wildman–Crippen MR) is 242 cm³/mol. The van der Waals surface area contributed by atoms with E-state index < -0.39 is 43.3 Å². The fourth-order valence-corrected chi connectivity index (χ4v) is 13.0. The van der Waals surface area contributed by atoms with Crippen molar-refractivity contribution in [3.05, 3.63) is 87.7 Å². The molecule has 0 unspecified atom stereocenters. The summed E-state index contributed by atoms with van der Waals surface area (Å²) in [6.45, 7) is 10.4. The van der Waals surface area contributed by atoms with Gasteiger partial charge in [0, 0.05) is 87.3 Å². The number of anilines is 2. The van der Waals surface area contributed by atoms with Crippen LogP contribution >= 0.6 is 0 Å². The molecule has 1 amide bonds. The van der Waals surface area contributed by atoms with Crippen molar-refractivity contribution >= 4 is 44.0 Å². The molecule has 2 saturated heterocycles. The average Bonchev–Trinajstić information content (AvgIpc) is 3.70. The maximum atomic E-state index is 14.0. The minimum absolute atomic E-state index is 0.0410. The third-order valence-electron chi connectivity index (χ3n) is 15.6. The molecule has 0 radical (unpaired) electrons. The molecule has 11 rings (SSSR count). The number of nitro groups is 1. The van der Waals surface area contributed by atoms with Gasteiger partial charge in [-0.15, -0.1) is 0 Å². The number of nitro benzene ring substituents is 1. The fourth-order valence-electron chi connectivity index (χ4n) is 12.0. The van der Waals surface area contributed by atoms with Crippen molar-refractivity contribution in [3.8, 4) is 11.5 Å². The Bertz CT molecular complexity index is 2640. The van der Waals surface area contributed by atoms with E-state index in [1.165, 1.54) is 35.5 Å². The molecule has 65 heavy (non-hydrogen) atoms. The van der Waals surface area contributed by atoms with Gasteiger partial charge in [0.05, 0.1) is 21.6 Å². The molecule has 1 spiro atoms. The number of hydrogen-bond acceptors (Lipinski definition) is 11. The van der Waals surface area contributed by atoms with Gasteiger partial charge >= 0.3 is 0 Å². The lowest BCUT2D eigenvalue weighted by atomic mass is 9.32. The quantitative estimate of drug-likeness (QED) is 0.0626. The predicted octanol–water partition coefficient (Wildman–Crippen LogP) is 9.06. The van der Waals surface area contributed by atoms with Crippen molar-refractivity contribution in [3.63, 3.8) is 0 Å². The lowest BCUT2D eigenvalue weighted by molar-refractivity contribution is -0.384. The first-order valence-electron chi connectivity index (χ1n) is 22.9. The number of sulfonamides is 1. The molecule has 2 bridgehead atoms. The average molecular weight is 914 g/mol. The Balaban J connectivity index is 0.839. The number of H-pyrrole nitrogens is 1. The zero-order valence-corrected chi connectivity index (χ0v) is 37.8. The van der Waals surface area contributed by atoms with E-state index in [0.717, 1.165) is 94.9 Å². The van der Waals surface area contributed by atoms with Crippen LogP contribution < -0.4 is 19.7 Å². The molecule has 0 atom stereocenters. The first kappa shape index (κ1) is 43.7. The first-order chi connectivity index (χ1) is 31.0. The number of rotatable bonds is 14. The maximum absolute atomic E-state index is 14.0. The summed E-state index contributed by atoms with van der Waals surface area (Å²) in [7, 11) is -4.57. The van der Waals surface area contributed by atoms with E-state index in [1.54, 1.807) is 24.4 Å². The number of alkyl halides is 2. The minimum atomic E-state index is -4.57. The maximum Gasteiger partial charge on any atom is 0.293 e. The van der Waals surface area contributed by atoms with Gasteiger partial charge in [0.1, 0.15) is 22.8 Å². The fraction of sp³-hybridized carbons (Fsp3) is 0.542. The Labute approximate surface area is 377 Å². The summed E-state index contributed by atoms with van der Waals surface area (Å²) >= 11 is 0. The van der Waals surface area contributed by atoms with Crippen LogP contribution in [0.4, 0.5) is 25.8 Å². The highest BCUT2D eigenvalue weighted by atomic mass is 32.2. The molecule has 6 fully saturated rings. The second-order valence-corrected chi connectivity index (χ2v) is 22.3. The molecular formula is C48H57F2N7O7S.